The Morgan fingerprint density at radius 1 is 0.932 bits per heavy atom. The number of nitrogens with zero attached hydrogens (tertiary/aromatic N) is 2. The highest BCUT2D eigenvalue weighted by Crippen LogP contribution is 2.54. The number of fused-ring (bicyclic) bond motifs is 2. The van der Waals surface area contributed by atoms with Gasteiger partial charge in [-0.3, -0.25) is 4.99 Å². The Hall–Kier alpha value is -4.84. The highest BCUT2D eigenvalue weighted by Gasteiger charge is 2.57. The van der Waals surface area contributed by atoms with Crippen molar-refractivity contribution >= 4 is 29.6 Å². The lowest BCUT2D eigenvalue weighted by Crippen LogP contribution is -2.58. The van der Waals surface area contributed by atoms with Gasteiger partial charge >= 0.3 is 5.97 Å². The predicted octanol–water partition coefficient (Wildman–Crippen LogP) is 8.75. The van der Waals surface area contributed by atoms with Crippen LogP contribution in [0.3, 0.4) is 0 Å². The van der Waals surface area contributed by atoms with Crippen LogP contribution in [0, 0.1) is 0 Å². The fourth-order valence-corrected chi connectivity index (χ4v) is 6.01. The largest absolute Gasteiger partial charge is 0.494 e. The van der Waals surface area contributed by atoms with E-state index in [9.17, 15) is 4.79 Å². The number of carbonyl (C=O) groups excluding carboxylic acids is 1. The number of unbranched alkanes of at least 4 members (excludes halogenated alkanes) is 2. The van der Waals surface area contributed by atoms with Gasteiger partial charge in [0.2, 0.25) is 5.72 Å². The van der Waals surface area contributed by atoms with E-state index >= 15 is 0 Å². The van der Waals surface area contributed by atoms with Gasteiger partial charge in [0.1, 0.15) is 17.2 Å². The van der Waals surface area contributed by atoms with Crippen molar-refractivity contribution in [2.75, 3.05) is 18.6 Å². The van der Waals surface area contributed by atoms with E-state index in [1.807, 2.05) is 54.6 Å². The van der Waals surface area contributed by atoms with Crippen molar-refractivity contribution in [3.05, 3.63) is 119 Å². The summed E-state index contributed by atoms with van der Waals surface area (Å²) < 4.78 is 18.2. The lowest BCUT2D eigenvalue weighted by molar-refractivity contribution is 0.0581. The zero-order valence-electron chi connectivity index (χ0n) is 25.7. The second-order valence-electron chi connectivity index (χ2n) is 11.9. The molecule has 0 aromatic heterocycles. The molecule has 0 aliphatic carbocycles. The summed E-state index contributed by atoms with van der Waals surface area (Å²) >= 11 is 0. The van der Waals surface area contributed by atoms with Crippen LogP contribution < -0.4 is 19.1 Å². The lowest BCUT2D eigenvalue weighted by atomic mass is 9.76. The first kappa shape index (κ1) is 29.2. The second-order valence-corrected chi connectivity index (χ2v) is 11.9. The smallest absolute Gasteiger partial charge is 0.343 e. The van der Waals surface area contributed by atoms with Crippen LogP contribution >= 0.6 is 0 Å². The fourth-order valence-electron chi connectivity index (χ4n) is 6.01. The first-order valence-corrected chi connectivity index (χ1v) is 15.3. The molecule has 0 unspecified atom stereocenters. The highest BCUT2D eigenvalue weighted by atomic mass is 16.5. The highest BCUT2D eigenvalue weighted by molar-refractivity contribution is 5.92. The minimum atomic E-state index is -0.665. The summed E-state index contributed by atoms with van der Waals surface area (Å²) in [6.07, 6.45) is 9.37. The van der Waals surface area contributed by atoms with Crippen LogP contribution in [0.5, 0.6) is 17.2 Å². The average Bonchev–Trinajstić information content (AvgIpc) is 3.21. The number of esters is 1. The molecule has 2 heterocycles. The molecule has 0 saturated heterocycles. The van der Waals surface area contributed by atoms with E-state index in [0.29, 0.717) is 11.3 Å². The number of carbonyl (C=O) groups is 1. The molecule has 0 bridgehead atoms. The minimum absolute atomic E-state index is 0.284. The van der Waals surface area contributed by atoms with Crippen LogP contribution in [0.25, 0.3) is 6.08 Å². The van der Waals surface area contributed by atoms with E-state index in [-0.39, 0.29) is 5.41 Å². The van der Waals surface area contributed by atoms with Crippen molar-refractivity contribution in [1.82, 2.24) is 0 Å². The Bertz CT molecular complexity index is 1710. The van der Waals surface area contributed by atoms with E-state index in [1.165, 1.54) is 18.4 Å². The molecular formula is C38H38N2O4. The minimum Gasteiger partial charge on any atom is -0.494 e. The molecule has 2 aliphatic heterocycles. The first-order chi connectivity index (χ1) is 21.3. The number of rotatable bonds is 9. The van der Waals surface area contributed by atoms with Crippen LogP contribution in [-0.2, 0) is 5.41 Å². The summed E-state index contributed by atoms with van der Waals surface area (Å²) in [6, 6.07) is 28.9. The molecule has 6 rings (SSSR count). The molecule has 6 heteroatoms. The first-order valence-electron chi connectivity index (χ1n) is 15.3. The van der Waals surface area contributed by atoms with Crippen molar-refractivity contribution in [3.8, 4) is 17.2 Å². The van der Waals surface area contributed by atoms with Crippen molar-refractivity contribution in [2.45, 2.75) is 51.2 Å². The van der Waals surface area contributed by atoms with Gasteiger partial charge in [-0.2, -0.15) is 0 Å². The van der Waals surface area contributed by atoms with E-state index < -0.39 is 11.7 Å². The molecule has 44 heavy (non-hydrogen) atoms. The number of benzene rings is 4. The Kier molecular flexibility index (Phi) is 8.00. The van der Waals surface area contributed by atoms with Gasteiger partial charge in [-0.1, -0.05) is 38.0 Å². The Morgan fingerprint density at radius 2 is 1.68 bits per heavy atom. The number of hydrogen-bond donors (Lipinski definition) is 0. The molecular weight excluding hydrogens is 548 g/mol. The third kappa shape index (κ3) is 5.48. The standard InChI is InChI=1S/C38H38N2O4/c1-5-6-9-24-42-31-17-12-27(13-18-31)26-39-30-15-19-32(20-16-30)43-36(41)29-14-21-35-28(25-29)22-23-38(44-35)37(2,3)33-10-7-8-11-34(33)40(38)4/h7-8,10-23,25-26H,5-6,9,24H2,1-4H3/t38-/m1/s1. The molecule has 6 nitrogen and oxygen atoms in total. The molecule has 1 atom stereocenters. The maximum atomic E-state index is 13.0. The van der Waals surface area contributed by atoms with Crippen LogP contribution in [0.4, 0.5) is 11.4 Å². The summed E-state index contributed by atoms with van der Waals surface area (Å²) in [5.41, 5.74) is 4.47. The van der Waals surface area contributed by atoms with Crippen molar-refractivity contribution in [2.24, 2.45) is 4.99 Å². The summed E-state index contributed by atoms with van der Waals surface area (Å²) in [7, 11) is 2.06. The van der Waals surface area contributed by atoms with Crippen LogP contribution in [0.1, 0.15) is 67.1 Å². The summed E-state index contributed by atoms with van der Waals surface area (Å²) in [6.45, 7) is 7.33. The van der Waals surface area contributed by atoms with Crippen LogP contribution in [-0.4, -0.2) is 31.6 Å². The predicted molar refractivity (Wildman–Crippen MR) is 177 cm³/mol. The number of likely N-dealkylation sites (N-methyl/N-ethyl adjacent to an activating group) is 1. The normalized spacial score (nSPS) is 17.8. The third-order valence-electron chi connectivity index (χ3n) is 8.64. The summed E-state index contributed by atoms with van der Waals surface area (Å²) in [4.78, 5) is 19.8. The molecule has 0 amide bonds. The van der Waals surface area contributed by atoms with Crippen LogP contribution in [0.15, 0.2) is 102 Å². The topological polar surface area (TPSA) is 60.4 Å². The molecule has 0 N–H and O–H groups in total. The fraction of sp³-hybridized carbons (Fsp3) is 0.263. The third-order valence-corrected chi connectivity index (χ3v) is 8.64. The number of aliphatic imine (C=N–C) groups is 1. The van der Waals surface area contributed by atoms with Gasteiger partial charge in [-0.15, -0.1) is 0 Å². The van der Waals surface area contributed by atoms with Gasteiger partial charge in [-0.05, 0) is 116 Å². The van der Waals surface area contributed by atoms with Gasteiger partial charge in [-0.25, -0.2) is 4.79 Å². The number of hydrogen-bond acceptors (Lipinski definition) is 6. The van der Waals surface area contributed by atoms with Gasteiger partial charge in [0.25, 0.3) is 0 Å². The Labute approximate surface area is 259 Å². The SMILES string of the molecule is CCCCCOc1ccc(C=Nc2ccc(OC(=O)c3ccc4c(c3)C=C[C@]3(O4)N(C)c4ccccc4C3(C)C)cc2)cc1. The molecule has 0 radical (unpaired) electrons. The van der Waals surface area contributed by atoms with Crippen molar-refractivity contribution < 1.29 is 19.0 Å². The maximum Gasteiger partial charge on any atom is 0.343 e. The van der Waals surface area contributed by atoms with E-state index in [2.05, 4.69) is 68.1 Å². The molecule has 0 saturated carbocycles. The van der Waals surface area contributed by atoms with Gasteiger partial charge in [0.15, 0.2) is 0 Å². The molecule has 4 aromatic rings. The summed E-state index contributed by atoms with van der Waals surface area (Å²) in [5.74, 6) is 1.62. The van der Waals surface area contributed by atoms with Gasteiger partial charge in [0, 0.05) is 24.5 Å². The van der Waals surface area contributed by atoms with Crippen molar-refractivity contribution in [3.63, 3.8) is 0 Å². The Morgan fingerprint density at radius 3 is 2.43 bits per heavy atom. The average molecular weight is 587 g/mol. The number of para-hydroxylation sites is 1. The molecule has 2 aliphatic rings. The van der Waals surface area contributed by atoms with Crippen LogP contribution in [0.2, 0.25) is 0 Å². The quantitative estimate of drug-likeness (QED) is 0.0849. The molecule has 1 spiro atoms. The monoisotopic (exact) mass is 586 g/mol. The van der Waals surface area contributed by atoms with Gasteiger partial charge in [0.05, 0.1) is 23.3 Å². The molecule has 224 valence electrons. The molecule has 0 fully saturated rings. The zero-order valence-corrected chi connectivity index (χ0v) is 25.7. The maximum absolute atomic E-state index is 13.0. The summed E-state index contributed by atoms with van der Waals surface area (Å²) in [5, 5.41) is 0. The van der Waals surface area contributed by atoms with Crippen molar-refractivity contribution in [1.29, 1.82) is 0 Å². The zero-order chi connectivity index (χ0) is 30.7. The second kappa shape index (κ2) is 12.0. The van der Waals surface area contributed by atoms with E-state index in [1.54, 1.807) is 24.4 Å². The number of anilines is 1. The van der Waals surface area contributed by atoms with E-state index in [4.69, 9.17) is 14.2 Å². The Balaban J connectivity index is 1.08. The van der Waals surface area contributed by atoms with Gasteiger partial charge < -0.3 is 19.1 Å². The molecule has 4 aromatic carbocycles. The number of ether oxygens (including phenoxy) is 3. The van der Waals surface area contributed by atoms with E-state index in [0.717, 1.165) is 47.0 Å². The lowest BCUT2D eigenvalue weighted by Gasteiger charge is -2.45.